The van der Waals surface area contributed by atoms with Gasteiger partial charge in [0.15, 0.2) is 0 Å². The molecule has 2 aliphatic carbocycles. The molecule has 0 saturated carbocycles. The lowest BCUT2D eigenvalue weighted by molar-refractivity contribution is 0.263. The Labute approximate surface area is 101 Å². The Morgan fingerprint density at radius 3 is 2.00 bits per heavy atom. The van der Waals surface area contributed by atoms with E-state index in [1.54, 1.807) is 0 Å². The Kier molecular flexibility index (Phi) is 6.80. The molecule has 2 rings (SSSR count). The van der Waals surface area contributed by atoms with E-state index in [4.69, 9.17) is 0 Å². The first-order valence-electron chi connectivity index (χ1n) is 6.44. The molecule has 0 radical (unpaired) electrons. The zero-order valence-electron chi connectivity index (χ0n) is 11.4. The van der Waals surface area contributed by atoms with Gasteiger partial charge in [-0.3, -0.25) is 0 Å². The summed E-state index contributed by atoms with van der Waals surface area (Å²) < 4.78 is 0. The van der Waals surface area contributed by atoms with Crippen LogP contribution in [-0.2, 0) is 0 Å². The summed E-state index contributed by atoms with van der Waals surface area (Å²) in [6.45, 7) is 14.2. The summed E-state index contributed by atoms with van der Waals surface area (Å²) in [5, 5.41) is 0. The molecular weight excluding hydrogens is 192 g/mol. The first-order valence-corrected chi connectivity index (χ1v) is 6.44. The van der Waals surface area contributed by atoms with Crippen LogP contribution in [0.15, 0.2) is 49.1 Å². The lowest BCUT2D eigenvalue weighted by Gasteiger charge is -2.42. The normalized spacial score (nSPS) is 33.1. The molecule has 0 aromatic heterocycles. The molecule has 0 fully saturated rings. The van der Waals surface area contributed by atoms with Crippen LogP contribution in [-0.4, -0.2) is 0 Å². The summed E-state index contributed by atoms with van der Waals surface area (Å²) in [6.07, 6.45) is 15.4. The van der Waals surface area contributed by atoms with Gasteiger partial charge in [0.2, 0.25) is 0 Å². The molecule has 0 N–H and O–H groups in total. The topological polar surface area (TPSA) is 0 Å². The van der Waals surface area contributed by atoms with Gasteiger partial charge in [0, 0.05) is 17.3 Å². The maximum Gasteiger partial charge on any atom is 0.00485 e. The number of hydrogen-bond donors (Lipinski definition) is 0. The molecule has 2 aliphatic rings. The van der Waals surface area contributed by atoms with E-state index in [0.717, 1.165) is 0 Å². The van der Waals surface area contributed by atoms with E-state index in [9.17, 15) is 0 Å². The van der Waals surface area contributed by atoms with Crippen LogP contribution in [0.5, 0.6) is 0 Å². The molecule has 0 spiro atoms. The van der Waals surface area contributed by atoms with Crippen molar-refractivity contribution in [3.63, 3.8) is 0 Å². The van der Waals surface area contributed by atoms with Gasteiger partial charge < -0.3 is 0 Å². The summed E-state index contributed by atoms with van der Waals surface area (Å²) in [5.74, 6) is 1.10. The third kappa shape index (κ3) is 2.75. The van der Waals surface area contributed by atoms with Crippen molar-refractivity contribution in [2.24, 2.45) is 17.3 Å². The largest absolute Gasteiger partial charge is 0.102 e. The van der Waals surface area contributed by atoms with Crippen molar-refractivity contribution in [2.45, 2.75) is 34.6 Å². The Morgan fingerprint density at radius 2 is 1.56 bits per heavy atom. The molecular formula is C16H26. The van der Waals surface area contributed by atoms with Crippen LogP contribution in [0.25, 0.3) is 0 Å². The first kappa shape index (κ1) is 15.0. The zero-order valence-corrected chi connectivity index (χ0v) is 11.4. The number of allylic oxidation sites excluding steroid dienone is 7. The van der Waals surface area contributed by atoms with Gasteiger partial charge in [-0.05, 0) is 0 Å². The minimum Gasteiger partial charge on any atom is -0.102 e. The van der Waals surface area contributed by atoms with E-state index >= 15 is 0 Å². The van der Waals surface area contributed by atoms with Crippen molar-refractivity contribution in [1.29, 1.82) is 0 Å². The predicted molar refractivity (Wildman–Crippen MR) is 75.4 cm³/mol. The molecule has 0 nitrogen and oxygen atoms in total. The van der Waals surface area contributed by atoms with Crippen molar-refractivity contribution in [3.8, 4) is 0 Å². The fourth-order valence-electron chi connectivity index (χ4n) is 2.02. The zero-order chi connectivity index (χ0) is 12.6. The Bertz CT molecular complexity index is 280. The quantitative estimate of drug-likeness (QED) is 0.533. The van der Waals surface area contributed by atoms with Gasteiger partial charge in [0.1, 0.15) is 0 Å². The van der Waals surface area contributed by atoms with Crippen LogP contribution in [0, 0.1) is 17.3 Å². The van der Waals surface area contributed by atoms with E-state index in [1.807, 2.05) is 33.8 Å². The summed E-state index contributed by atoms with van der Waals surface area (Å²) in [5.41, 5.74) is 0.297. The van der Waals surface area contributed by atoms with E-state index < -0.39 is 0 Å². The van der Waals surface area contributed by atoms with E-state index in [0.29, 0.717) is 17.3 Å². The maximum absolute atomic E-state index is 3.88. The monoisotopic (exact) mass is 218 g/mol. The van der Waals surface area contributed by atoms with Crippen LogP contribution in [0.3, 0.4) is 0 Å². The minimum absolute atomic E-state index is 0.297. The lowest BCUT2D eigenvalue weighted by atomic mass is 9.61. The van der Waals surface area contributed by atoms with Crippen LogP contribution >= 0.6 is 0 Å². The van der Waals surface area contributed by atoms with E-state index in [1.165, 1.54) is 0 Å². The van der Waals surface area contributed by atoms with Crippen LogP contribution in [0.2, 0.25) is 0 Å². The molecule has 90 valence electrons. The lowest BCUT2D eigenvalue weighted by Crippen LogP contribution is -2.35. The second-order valence-electron chi connectivity index (χ2n) is 3.78. The van der Waals surface area contributed by atoms with Gasteiger partial charge >= 0.3 is 0 Å². The van der Waals surface area contributed by atoms with Crippen molar-refractivity contribution in [1.82, 2.24) is 0 Å². The van der Waals surface area contributed by atoms with E-state index in [-0.39, 0.29) is 0 Å². The average Bonchev–Trinajstić information content (AvgIpc) is 2.45. The minimum atomic E-state index is 0.297. The third-order valence-corrected chi connectivity index (χ3v) is 3.10. The summed E-state index contributed by atoms with van der Waals surface area (Å²) in [7, 11) is 0. The van der Waals surface area contributed by atoms with Crippen molar-refractivity contribution < 1.29 is 0 Å². The van der Waals surface area contributed by atoms with Gasteiger partial charge in [0.05, 0.1) is 0 Å². The SMILES string of the molecule is C=CC1C=CC=CC2C=CC12C.CC.CC. The summed E-state index contributed by atoms with van der Waals surface area (Å²) in [6, 6.07) is 0. The number of fused-ring (bicyclic) bond motifs is 1. The molecule has 3 atom stereocenters. The van der Waals surface area contributed by atoms with Crippen LogP contribution in [0.1, 0.15) is 34.6 Å². The molecule has 0 heteroatoms. The Balaban J connectivity index is 0.000000509. The smallest absolute Gasteiger partial charge is 0.00485 e. The molecule has 0 aromatic carbocycles. The van der Waals surface area contributed by atoms with Crippen molar-refractivity contribution in [2.75, 3.05) is 0 Å². The molecule has 0 aromatic rings. The van der Waals surface area contributed by atoms with Crippen LogP contribution in [0.4, 0.5) is 0 Å². The van der Waals surface area contributed by atoms with Gasteiger partial charge in [-0.1, -0.05) is 77.2 Å². The van der Waals surface area contributed by atoms with Gasteiger partial charge in [-0.2, -0.15) is 0 Å². The Morgan fingerprint density at radius 1 is 1.00 bits per heavy atom. The number of rotatable bonds is 1. The second-order valence-corrected chi connectivity index (χ2v) is 3.78. The van der Waals surface area contributed by atoms with Gasteiger partial charge in [0.25, 0.3) is 0 Å². The first-order chi connectivity index (χ1) is 7.77. The Hall–Kier alpha value is -1.04. The standard InChI is InChI=1S/C12H14.2C2H6/c1-3-10-6-4-5-7-11-8-9-12(10,11)2;2*1-2/h3-11H,1H2,2H3;2*1-2H3. The molecule has 16 heavy (non-hydrogen) atoms. The summed E-state index contributed by atoms with van der Waals surface area (Å²) in [4.78, 5) is 0. The fourth-order valence-corrected chi connectivity index (χ4v) is 2.02. The van der Waals surface area contributed by atoms with Crippen LogP contribution < -0.4 is 0 Å². The molecule has 0 aliphatic heterocycles. The highest BCUT2D eigenvalue weighted by molar-refractivity contribution is 5.32. The van der Waals surface area contributed by atoms with E-state index in [2.05, 4.69) is 50.0 Å². The highest BCUT2D eigenvalue weighted by Gasteiger charge is 2.40. The molecule has 0 bridgehead atoms. The second kappa shape index (κ2) is 7.27. The summed E-state index contributed by atoms with van der Waals surface area (Å²) >= 11 is 0. The number of hydrogen-bond acceptors (Lipinski definition) is 0. The molecule has 0 saturated heterocycles. The van der Waals surface area contributed by atoms with Gasteiger partial charge in [-0.15, -0.1) is 6.58 Å². The van der Waals surface area contributed by atoms with Crippen molar-refractivity contribution >= 4 is 0 Å². The third-order valence-electron chi connectivity index (χ3n) is 3.10. The highest BCUT2D eigenvalue weighted by atomic mass is 14.4. The molecule has 3 unspecified atom stereocenters. The molecule has 0 amide bonds. The predicted octanol–water partition coefficient (Wildman–Crippen LogP) is 5.16. The van der Waals surface area contributed by atoms with Crippen molar-refractivity contribution in [3.05, 3.63) is 49.1 Å². The van der Waals surface area contributed by atoms with Gasteiger partial charge in [-0.25, -0.2) is 0 Å². The maximum atomic E-state index is 3.88. The fraction of sp³-hybridized carbons (Fsp3) is 0.500. The average molecular weight is 218 g/mol. The highest BCUT2D eigenvalue weighted by Crippen LogP contribution is 2.48. The molecule has 0 heterocycles.